The van der Waals surface area contributed by atoms with Gasteiger partial charge in [-0.15, -0.1) is 0 Å². The van der Waals surface area contributed by atoms with Gasteiger partial charge in [-0.05, 0) is 32.7 Å². The topological polar surface area (TPSA) is 35.5 Å². The lowest BCUT2D eigenvalue weighted by Crippen LogP contribution is -2.41. The van der Waals surface area contributed by atoms with Crippen LogP contribution in [0, 0.1) is 0 Å². The summed E-state index contributed by atoms with van der Waals surface area (Å²) in [7, 11) is 0. The van der Waals surface area contributed by atoms with Crippen LogP contribution in [0.2, 0.25) is 0 Å². The lowest BCUT2D eigenvalue weighted by molar-refractivity contribution is 0.181. The molecule has 2 aliphatic rings. The average molecular weight is 184 g/mol. The molecular formula is C10H20N2O. The van der Waals surface area contributed by atoms with E-state index in [2.05, 4.69) is 10.2 Å². The Balaban J connectivity index is 1.80. The van der Waals surface area contributed by atoms with E-state index in [1.807, 2.05) is 6.92 Å². The molecule has 3 heteroatoms. The fourth-order valence-corrected chi connectivity index (χ4v) is 2.64. The van der Waals surface area contributed by atoms with Crippen LogP contribution in [0.4, 0.5) is 0 Å². The van der Waals surface area contributed by atoms with Crippen LogP contribution in [0.25, 0.3) is 0 Å². The van der Waals surface area contributed by atoms with Gasteiger partial charge >= 0.3 is 0 Å². The van der Waals surface area contributed by atoms with Crippen LogP contribution in [0.5, 0.6) is 0 Å². The zero-order chi connectivity index (χ0) is 9.26. The van der Waals surface area contributed by atoms with Crippen LogP contribution in [-0.4, -0.2) is 47.8 Å². The van der Waals surface area contributed by atoms with E-state index in [1.54, 1.807) is 0 Å². The zero-order valence-electron chi connectivity index (χ0n) is 8.37. The molecule has 0 aliphatic carbocycles. The van der Waals surface area contributed by atoms with Crippen molar-refractivity contribution < 1.29 is 5.11 Å². The van der Waals surface area contributed by atoms with Crippen LogP contribution in [0.3, 0.4) is 0 Å². The quantitative estimate of drug-likeness (QED) is 0.657. The van der Waals surface area contributed by atoms with Gasteiger partial charge in [0, 0.05) is 25.2 Å². The Labute approximate surface area is 80.1 Å². The van der Waals surface area contributed by atoms with Crippen molar-refractivity contribution in [2.24, 2.45) is 0 Å². The molecule has 0 aromatic heterocycles. The molecule has 2 N–H and O–H groups in total. The summed E-state index contributed by atoms with van der Waals surface area (Å²) in [5, 5.41) is 12.6. The summed E-state index contributed by atoms with van der Waals surface area (Å²) in [5.41, 5.74) is 0. The molecule has 0 amide bonds. The molecular weight excluding hydrogens is 164 g/mol. The largest absolute Gasteiger partial charge is 0.392 e. The minimum Gasteiger partial charge on any atom is -0.392 e. The Kier molecular flexibility index (Phi) is 2.86. The first kappa shape index (κ1) is 9.44. The zero-order valence-corrected chi connectivity index (χ0v) is 8.37. The Bertz CT molecular complexity index is 172. The molecule has 2 heterocycles. The Hall–Kier alpha value is -0.120. The van der Waals surface area contributed by atoms with Crippen molar-refractivity contribution in [2.75, 3.05) is 19.6 Å². The van der Waals surface area contributed by atoms with E-state index in [0.29, 0.717) is 6.04 Å². The molecule has 2 aliphatic heterocycles. The summed E-state index contributed by atoms with van der Waals surface area (Å²) in [5.74, 6) is 0. The number of hydrogen-bond donors (Lipinski definition) is 2. The molecule has 76 valence electrons. The van der Waals surface area contributed by atoms with Crippen molar-refractivity contribution in [3.05, 3.63) is 0 Å². The summed E-state index contributed by atoms with van der Waals surface area (Å²) >= 11 is 0. The molecule has 13 heavy (non-hydrogen) atoms. The minimum atomic E-state index is -0.213. The van der Waals surface area contributed by atoms with Crippen LogP contribution in [-0.2, 0) is 0 Å². The molecule has 3 nitrogen and oxygen atoms in total. The molecule has 0 bridgehead atoms. The van der Waals surface area contributed by atoms with E-state index >= 15 is 0 Å². The first-order valence-corrected chi connectivity index (χ1v) is 5.43. The Morgan fingerprint density at radius 3 is 3.08 bits per heavy atom. The van der Waals surface area contributed by atoms with Crippen molar-refractivity contribution >= 4 is 0 Å². The lowest BCUT2D eigenvalue weighted by Gasteiger charge is -2.21. The third-order valence-electron chi connectivity index (χ3n) is 3.28. The second kappa shape index (κ2) is 3.95. The molecule has 0 spiro atoms. The van der Waals surface area contributed by atoms with E-state index in [-0.39, 0.29) is 6.10 Å². The minimum absolute atomic E-state index is 0.213. The van der Waals surface area contributed by atoms with Crippen LogP contribution in [0.1, 0.15) is 26.2 Å². The second-order valence-electron chi connectivity index (χ2n) is 4.40. The Morgan fingerprint density at radius 1 is 1.46 bits per heavy atom. The molecule has 0 radical (unpaired) electrons. The molecule has 2 rings (SSSR count). The number of fused-ring (bicyclic) bond motifs is 1. The van der Waals surface area contributed by atoms with Crippen molar-refractivity contribution in [2.45, 2.75) is 44.4 Å². The van der Waals surface area contributed by atoms with E-state index < -0.39 is 0 Å². The van der Waals surface area contributed by atoms with E-state index in [0.717, 1.165) is 12.6 Å². The van der Waals surface area contributed by atoms with Gasteiger partial charge in [0.15, 0.2) is 0 Å². The van der Waals surface area contributed by atoms with Crippen molar-refractivity contribution in [3.8, 4) is 0 Å². The summed E-state index contributed by atoms with van der Waals surface area (Å²) in [6.07, 6.45) is 3.75. The highest BCUT2D eigenvalue weighted by atomic mass is 16.3. The highest BCUT2D eigenvalue weighted by Gasteiger charge is 2.36. The maximum atomic E-state index is 9.18. The highest BCUT2D eigenvalue weighted by molar-refractivity contribution is 4.95. The van der Waals surface area contributed by atoms with Gasteiger partial charge in [0.2, 0.25) is 0 Å². The van der Waals surface area contributed by atoms with E-state index in [4.69, 9.17) is 0 Å². The van der Waals surface area contributed by atoms with Crippen molar-refractivity contribution in [3.63, 3.8) is 0 Å². The molecule has 0 aromatic rings. The third-order valence-corrected chi connectivity index (χ3v) is 3.28. The molecule has 0 aromatic carbocycles. The highest BCUT2D eigenvalue weighted by Crippen LogP contribution is 2.27. The maximum absolute atomic E-state index is 9.18. The lowest BCUT2D eigenvalue weighted by atomic mass is 10.1. The molecule has 2 saturated heterocycles. The standard InChI is InChI=1S/C10H20N2O/c1-8(13)7-11-9-4-6-12-5-2-3-10(9)12/h8-11,13H,2-7H2,1H3/t8-,9?,10?/m1/s1. The number of nitrogens with zero attached hydrogens (tertiary/aromatic N) is 1. The molecule has 0 saturated carbocycles. The van der Waals surface area contributed by atoms with Gasteiger partial charge in [0.05, 0.1) is 6.10 Å². The number of rotatable bonds is 3. The Morgan fingerprint density at radius 2 is 2.31 bits per heavy atom. The van der Waals surface area contributed by atoms with Gasteiger partial charge in [-0.3, -0.25) is 4.90 Å². The van der Waals surface area contributed by atoms with E-state index in [9.17, 15) is 5.11 Å². The van der Waals surface area contributed by atoms with E-state index in [1.165, 1.54) is 32.4 Å². The summed E-state index contributed by atoms with van der Waals surface area (Å²) in [4.78, 5) is 2.58. The summed E-state index contributed by atoms with van der Waals surface area (Å²) in [6, 6.07) is 1.40. The van der Waals surface area contributed by atoms with Gasteiger partial charge in [-0.2, -0.15) is 0 Å². The number of nitrogens with one attached hydrogen (secondary N) is 1. The smallest absolute Gasteiger partial charge is 0.0636 e. The molecule has 2 fully saturated rings. The summed E-state index contributed by atoms with van der Waals surface area (Å²) < 4.78 is 0. The van der Waals surface area contributed by atoms with Gasteiger partial charge < -0.3 is 10.4 Å². The SMILES string of the molecule is C[C@@H](O)CNC1CCN2CCCC12. The van der Waals surface area contributed by atoms with Crippen molar-refractivity contribution in [1.82, 2.24) is 10.2 Å². The van der Waals surface area contributed by atoms with Crippen molar-refractivity contribution in [1.29, 1.82) is 0 Å². The predicted molar refractivity (Wildman–Crippen MR) is 52.7 cm³/mol. The molecule has 2 unspecified atom stereocenters. The molecule has 3 atom stereocenters. The van der Waals surface area contributed by atoms with Crippen LogP contribution >= 0.6 is 0 Å². The number of aliphatic hydroxyl groups is 1. The second-order valence-corrected chi connectivity index (χ2v) is 4.40. The van der Waals surface area contributed by atoms with Crippen LogP contribution < -0.4 is 5.32 Å². The van der Waals surface area contributed by atoms with Gasteiger partial charge in [0.25, 0.3) is 0 Å². The first-order valence-electron chi connectivity index (χ1n) is 5.43. The normalized spacial score (nSPS) is 36.5. The van der Waals surface area contributed by atoms with Gasteiger partial charge in [-0.25, -0.2) is 0 Å². The average Bonchev–Trinajstić information content (AvgIpc) is 2.60. The predicted octanol–water partition coefficient (Wildman–Crippen LogP) is 0.194. The monoisotopic (exact) mass is 184 g/mol. The van der Waals surface area contributed by atoms with Gasteiger partial charge in [-0.1, -0.05) is 0 Å². The third kappa shape index (κ3) is 2.03. The summed E-state index contributed by atoms with van der Waals surface area (Å²) in [6.45, 7) is 5.13. The fraction of sp³-hybridized carbons (Fsp3) is 1.00. The van der Waals surface area contributed by atoms with Gasteiger partial charge in [0.1, 0.15) is 0 Å². The number of aliphatic hydroxyl groups excluding tert-OH is 1. The van der Waals surface area contributed by atoms with Crippen LogP contribution in [0.15, 0.2) is 0 Å². The maximum Gasteiger partial charge on any atom is 0.0636 e. The first-order chi connectivity index (χ1) is 6.27. The fourth-order valence-electron chi connectivity index (χ4n) is 2.64. The number of hydrogen-bond acceptors (Lipinski definition) is 3.